The maximum atomic E-state index is 10.8. The Hall–Kier alpha value is -0.810. The summed E-state index contributed by atoms with van der Waals surface area (Å²) in [6.45, 7) is 1.91. The lowest BCUT2D eigenvalue weighted by Crippen LogP contribution is -2.18. The highest BCUT2D eigenvalue weighted by Gasteiger charge is 1.98. The second-order valence-corrected chi connectivity index (χ2v) is 3.54. The van der Waals surface area contributed by atoms with Crippen LogP contribution >= 0.6 is 11.8 Å². The molecule has 1 rings (SSSR count). The molecule has 1 aromatic rings. The van der Waals surface area contributed by atoms with Crippen LogP contribution in [-0.4, -0.2) is 21.8 Å². The summed E-state index contributed by atoms with van der Waals surface area (Å²) in [6, 6.07) is 1.50. The number of aromatic nitrogens is 2. The summed E-state index contributed by atoms with van der Waals surface area (Å²) in [5.41, 5.74) is 5.41. The average Bonchev–Trinajstić information content (AvgIpc) is 2.01. The highest BCUT2D eigenvalue weighted by atomic mass is 32.2. The zero-order valence-electron chi connectivity index (χ0n) is 6.78. The van der Waals surface area contributed by atoms with Crippen molar-refractivity contribution in [3.63, 3.8) is 0 Å². The van der Waals surface area contributed by atoms with Crippen molar-refractivity contribution < 1.29 is 0 Å². The Kier molecular flexibility index (Phi) is 3.31. The molecule has 12 heavy (non-hydrogen) atoms. The number of nitrogens with zero attached hydrogens (tertiary/aromatic N) is 1. The van der Waals surface area contributed by atoms with Crippen LogP contribution in [0.1, 0.15) is 6.92 Å². The molecule has 66 valence electrons. The van der Waals surface area contributed by atoms with E-state index in [0.29, 0.717) is 5.16 Å². The minimum atomic E-state index is -0.128. The topological polar surface area (TPSA) is 71.8 Å². The summed E-state index contributed by atoms with van der Waals surface area (Å²) in [4.78, 5) is 17.4. The number of hydrogen-bond acceptors (Lipinski definition) is 4. The lowest BCUT2D eigenvalue weighted by atomic mass is 10.4. The van der Waals surface area contributed by atoms with Gasteiger partial charge in [-0.25, -0.2) is 4.98 Å². The molecule has 0 amide bonds. The van der Waals surface area contributed by atoms with Gasteiger partial charge < -0.3 is 10.7 Å². The van der Waals surface area contributed by atoms with Crippen molar-refractivity contribution in [1.82, 2.24) is 9.97 Å². The third-order valence-electron chi connectivity index (χ3n) is 1.13. The fourth-order valence-corrected chi connectivity index (χ4v) is 1.36. The number of thioether (sulfide) groups is 1. The van der Waals surface area contributed by atoms with Crippen molar-refractivity contribution in [3.05, 3.63) is 22.6 Å². The Morgan fingerprint density at radius 1 is 1.83 bits per heavy atom. The van der Waals surface area contributed by atoms with E-state index in [1.807, 2.05) is 6.92 Å². The molecule has 0 radical (unpaired) electrons. The highest BCUT2D eigenvalue weighted by molar-refractivity contribution is 7.99. The van der Waals surface area contributed by atoms with Crippen LogP contribution in [0.5, 0.6) is 0 Å². The lowest BCUT2D eigenvalue weighted by molar-refractivity contribution is 0.840. The molecule has 0 bridgehead atoms. The summed E-state index contributed by atoms with van der Waals surface area (Å²) >= 11 is 1.45. The Labute approximate surface area is 74.6 Å². The number of hydrogen-bond donors (Lipinski definition) is 2. The van der Waals surface area contributed by atoms with Crippen molar-refractivity contribution in [2.45, 2.75) is 18.1 Å². The molecule has 0 aliphatic heterocycles. The van der Waals surface area contributed by atoms with Gasteiger partial charge in [-0.1, -0.05) is 11.8 Å². The van der Waals surface area contributed by atoms with Crippen LogP contribution in [0.4, 0.5) is 0 Å². The molecule has 1 atom stereocenters. The second kappa shape index (κ2) is 4.27. The first-order valence-electron chi connectivity index (χ1n) is 3.62. The normalized spacial score (nSPS) is 12.8. The molecule has 0 saturated heterocycles. The van der Waals surface area contributed by atoms with Crippen molar-refractivity contribution in [1.29, 1.82) is 0 Å². The molecule has 0 aliphatic carbocycles. The van der Waals surface area contributed by atoms with E-state index in [9.17, 15) is 4.79 Å². The third-order valence-corrected chi connectivity index (χ3v) is 2.30. The molecule has 0 spiro atoms. The van der Waals surface area contributed by atoms with E-state index in [1.54, 1.807) is 0 Å². The van der Waals surface area contributed by atoms with Crippen molar-refractivity contribution in [2.24, 2.45) is 5.73 Å². The van der Waals surface area contributed by atoms with Gasteiger partial charge in [-0.3, -0.25) is 4.79 Å². The predicted molar refractivity (Wildman–Crippen MR) is 49.2 cm³/mol. The van der Waals surface area contributed by atoms with Crippen molar-refractivity contribution in [3.8, 4) is 0 Å². The van der Waals surface area contributed by atoms with E-state index in [4.69, 9.17) is 5.73 Å². The first-order chi connectivity index (χ1) is 5.68. The number of aromatic amines is 1. The van der Waals surface area contributed by atoms with Gasteiger partial charge in [-0.15, -0.1) is 0 Å². The lowest BCUT2D eigenvalue weighted by Gasteiger charge is -2.02. The van der Waals surface area contributed by atoms with Gasteiger partial charge in [0, 0.05) is 24.1 Å². The molecular weight excluding hydrogens is 174 g/mol. The van der Waals surface area contributed by atoms with Gasteiger partial charge in [-0.2, -0.15) is 0 Å². The summed E-state index contributed by atoms with van der Waals surface area (Å²) < 4.78 is 0. The molecule has 5 heteroatoms. The molecule has 0 aromatic carbocycles. The Morgan fingerprint density at radius 2 is 2.58 bits per heavy atom. The summed E-state index contributed by atoms with van der Waals surface area (Å²) in [5, 5.41) is 0.625. The van der Waals surface area contributed by atoms with E-state index in [0.717, 1.165) is 5.75 Å². The second-order valence-electron chi connectivity index (χ2n) is 2.53. The van der Waals surface area contributed by atoms with Gasteiger partial charge in [0.25, 0.3) is 5.56 Å². The molecule has 0 aliphatic rings. The first kappa shape index (κ1) is 9.28. The highest BCUT2D eigenvalue weighted by Crippen LogP contribution is 2.09. The van der Waals surface area contributed by atoms with Crippen LogP contribution in [-0.2, 0) is 0 Å². The van der Waals surface area contributed by atoms with E-state index < -0.39 is 0 Å². The molecular formula is C7H11N3OS. The number of nitrogens with one attached hydrogen (secondary N) is 1. The van der Waals surface area contributed by atoms with Crippen molar-refractivity contribution in [2.75, 3.05) is 5.75 Å². The Balaban J connectivity index is 2.58. The number of rotatable bonds is 3. The van der Waals surface area contributed by atoms with E-state index >= 15 is 0 Å². The Morgan fingerprint density at radius 3 is 3.17 bits per heavy atom. The predicted octanol–water partition coefficient (Wildman–Crippen LogP) is 0.209. The van der Waals surface area contributed by atoms with Gasteiger partial charge in [0.05, 0.1) is 0 Å². The monoisotopic (exact) mass is 185 g/mol. The van der Waals surface area contributed by atoms with Crippen LogP contribution in [0.3, 0.4) is 0 Å². The third kappa shape index (κ3) is 3.06. The van der Waals surface area contributed by atoms with Gasteiger partial charge in [0.15, 0.2) is 5.16 Å². The fraction of sp³-hybridized carbons (Fsp3) is 0.429. The minimum absolute atomic E-state index is 0.112. The Bertz CT molecular complexity index is 297. The zero-order valence-corrected chi connectivity index (χ0v) is 7.60. The van der Waals surface area contributed by atoms with Gasteiger partial charge in [0.1, 0.15) is 0 Å². The maximum absolute atomic E-state index is 10.8. The molecule has 0 fully saturated rings. The fourth-order valence-electron chi connectivity index (χ4n) is 0.636. The standard InChI is InChI=1S/C7H11N3OS/c1-5(8)4-12-7-9-3-2-6(11)10-7/h2-3,5H,4,8H2,1H3,(H,9,10,11)/t5-/m1/s1. The smallest absolute Gasteiger partial charge is 0.251 e. The van der Waals surface area contributed by atoms with Crippen LogP contribution in [0, 0.1) is 0 Å². The van der Waals surface area contributed by atoms with E-state index in [1.165, 1.54) is 24.0 Å². The maximum Gasteiger partial charge on any atom is 0.251 e. The van der Waals surface area contributed by atoms with Crippen molar-refractivity contribution >= 4 is 11.8 Å². The van der Waals surface area contributed by atoms with Crippen LogP contribution in [0.25, 0.3) is 0 Å². The molecule has 4 nitrogen and oxygen atoms in total. The summed E-state index contributed by atoms with van der Waals surface area (Å²) in [5.74, 6) is 0.757. The molecule has 1 aromatic heterocycles. The van der Waals surface area contributed by atoms with Gasteiger partial charge >= 0.3 is 0 Å². The largest absolute Gasteiger partial charge is 0.327 e. The number of H-pyrrole nitrogens is 1. The summed E-state index contributed by atoms with van der Waals surface area (Å²) in [7, 11) is 0. The molecule has 1 heterocycles. The molecule has 3 N–H and O–H groups in total. The van der Waals surface area contributed by atoms with E-state index in [-0.39, 0.29) is 11.6 Å². The molecule has 0 saturated carbocycles. The molecule has 0 unspecified atom stereocenters. The first-order valence-corrected chi connectivity index (χ1v) is 4.61. The van der Waals surface area contributed by atoms with Gasteiger partial charge in [-0.05, 0) is 6.92 Å². The van der Waals surface area contributed by atoms with Crippen LogP contribution in [0.2, 0.25) is 0 Å². The van der Waals surface area contributed by atoms with Gasteiger partial charge in [0.2, 0.25) is 0 Å². The quantitative estimate of drug-likeness (QED) is 0.521. The summed E-state index contributed by atoms with van der Waals surface area (Å²) in [6.07, 6.45) is 1.49. The number of nitrogens with two attached hydrogens (primary N) is 1. The van der Waals surface area contributed by atoms with Crippen LogP contribution < -0.4 is 11.3 Å². The average molecular weight is 185 g/mol. The zero-order chi connectivity index (χ0) is 8.97. The minimum Gasteiger partial charge on any atom is -0.327 e. The SMILES string of the molecule is C[C@@H](N)CSc1nccc(=O)[nH]1. The van der Waals surface area contributed by atoms with E-state index in [2.05, 4.69) is 9.97 Å². The van der Waals surface area contributed by atoms with Crippen LogP contribution in [0.15, 0.2) is 22.2 Å².